The quantitative estimate of drug-likeness (QED) is 0.914. The number of hydrogen-bond acceptors (Lipinski definition) is 2. The standard InChI is InChI=1S/C16H16Cl2N2O/c17-12-6-5-10(7-13(12)18)8-15-19-14(9-16(21)20-15)11-3-1-2-4-11/h5-7,9,11H,1-4,8H2,(H,19,20,21). The van der Waals surface area contributed by atoms with E-state index in [0.717, 1.165) is 24.1 Å². The number of rotatable bonds is 3. The fraction of sp³-hybridized carbons (Fsp3) is 0.375. The molecule has 1 aliphatic rings. The van der Waals surface area contributed by atoms with E-state index in [1.807, 2.05) is 12.1 Å². The van der Waals surface area contributed by atoms with E-state index in [4.69, 9.17) is 23.2 Å². The van der Waals surface area contributed by atoms with Crippen LogP contribution in [0.15, 0.2) is 29.1 Å². The van der Waals surface area contributed by atoms with E-state index in [2.05, 4.69) is 9.97 Å². The van der Waals surface area contributed by atoms with E-state index >= 15 is 0 Å². The van der Waals surface area contributed by atoms with Gasteiger partial charge in [0.15, 0.2) is 0 Å². The van der Waals surface area contributed by atoms with Gasteiger partial charge in [0, 0.05) is 18.4 Å². The second-order valence-electron chi connectivity index (χ2n) is 5.52. The van der Waals surface area contributed by atoms with E-state index in [-0.39, 0.29) is 5.56 Å². The average molecular weight is 323 g/mol. The Hall–Kier alpha value is -1.32. The van der Waals surface area contributed by atoms with Crippen LogP contribution in [-0.2, 0) is 6.42 Å². The number of aromatic nitrogens is 2. The van der Waals surface area contributed by atoms with Gasteiger partial charge in [0.05, 0.1) is 15.7 Å². The molecule has 21 heavy (non-hydrogen) atoms. The maximum atomic E-state index is 11.8. The van der Waals surface area contributed by atoms with Gasteiger partial charge in [-0.15, -0.1) is 0 Å². The Balaban J connectivity index is 1.87. The van der Waals surface area contributed by atoms with E-state index in [9.17, 15) is 4.79 Å². The predicted octanol–water partition coefficient (Wildman–Crippen LogP) is 4.33. The summed E-state index contributed by atoms with van der Waals surface area (Å²) in [7, 11) is 0. The third-order valence-electron chi connectivity index (χ3n) is 3.94. The summed E-state index contributed by atoms with van der Waals surface area (Å²) in [6, 6.07) is 7.11. The van der Waals surface area contributed by atoms with Crippen molar-refractivity contribution < 1.29 is 0 Å². The third-order valence-corrected chi connectivity index (χ3v) is 4.68. The van der Waals surface area contributed by atoms with E-state index < -0.39 is 0 Å². The van der Waals surface area contributed by atoms with Crippen LogP contribution in [0.25, 0.3) is 0 Å². The monoisotopic (exact) mass is 322 g/mol. The summed E-state index contributed by atoms with van der Waals surface area (Å²) < 4.78 is 0. The number of halogens is 2. The van der Waals surface area contributed by atoms with Gasteiger partial charge in [0.1, 0.15) is 5.82 Å². The van der Waals surface area contributed by atoms with Gasteiger partial charge in [0.25, 0.3) is 5.56 Å². The highest BCUT2D eigenvalue weighted by atomic mass is 35.5. The third kappa shape index (κ3) is 3.47. The molecule has 1 saturated carbocycles. The first-order chi connectivity index (χ1) is 10.1. The predicted molar refractivity (Wildman–Crippen MR) is 85.3 cm³/mol. The second-order valence-corrected chi connectivity index (χ2v) is 6.34. The second kappa shape index (κ2) is 6.20. The van der Waals surface area contributed by atoms with Gasteiger partial charge in [-0.1, -0.05) is 42.1 Å². The van der Waals surface area contributed by atoms with Gasteiger partial charge in [-0.2, -0.15) is 0 Å². The van der Waals surface area contributed by atoms with Crippen molar-refractivity contribution in [2.75, 3.05) is 0 Å². The molecular weight excluding hydrogens is 307 g/mol. The summed E-state index contributed by atoms with van der Waals surface area (Å²) in [4.78, 5) is 19.3. The van der Waals surface area contributed by atoms with Crippen molar-refractivity contribution in [2.24, 2.45) is 0 Å². The van der Waals surface area contributed by atoms with Crippen LogP contribution < -0.4 is 5.56 Å². The minimum absolute atomic E-state index is 0.0815. The van der Waals surface area contributed by atoms with Crippen LogP contribution >= 0.6 is 23.2 Å². The highest BCUT2D eigenvalue weighted by Crippen LogP contribution is 2.32. The van der Waals surface area contributed by atoms with E-state index in [0.29, 0.717) is 28.2 Å². The van der Waals surface area contributed by atoms with Crippen molar-refractivity contribution in [3.8, 4) is 0 Å². The van der Waals surface area contributed by atoms with Gasteiger partial charge >= 0.3 is 0 Å². The minimum Gasteiger partial charge on any atom is -0.310 e. The Kier molecular flexibility index (Phi) is 4.32. The van der Waals surface area contributed by atoms with Crippen LogP contribution in [0.2, 0.25) is 10.0 Å². The highest BCUT2D eigenvalue weighted by Gasteiger charge is 2.19. The molecule has 110 valence electrons. The molecule has 1 aromatic carbocycles. The zero-order valence-electron chi connectivity index (χ0n) is 11.5. The van der Waals surface area contributed by atoms with Crippen molar-refractivity contribution in [3.05, 3.63) is 61.7 Å². The number of H-pyrrole nitrogens is 1. The van der Waals surface area contributed by atoms with Crippen molar-refractivity contribution in [3.63, 3.8) is 0 Å². The molecule has 0 amide bonds. The van der Waals surface area contributed by atoms with Gasteiger partial charge in [-0.05, 0) is 30.5 Å². The molecule has 3 rings (SSSR count). The largest absolute Gasteiger partial charge is 0.310 e. The smallest absolute Gasteiger partial charge is 0.251 e. The van der Waals surface area contributed by atoms with Crippen LogP contribution in [-0.4, -0.2) is 9.97 Å². The normalized spacial score (nSPS) is 15.5. The van der Waals surface area contributed by atoms with Gasteiger partial charge < -0.3 is 4.98 Å². The van der Waals surface area contributed by atoms with Gasteiger partial charge in [-0.25, -0.2) is 4.98 Å². The molecule has 1 heterocycles. The molecular formula is C16H16Cl2N2O. The molecule has 0 radical (unpaired) electrons. The number of nitrogens with zero attached hydrogens (tertiary/aromatic N) is 1. The summed E-state index contributed by atoms with van der Waals surface area (Å²) in [5, 5.41) is 1.05. The highest BCUT2D eigenvalue weighted by molar-refractivity contribution is 6.42. The molecule has 1 fully saturated rings. The molecule has 0 bridgehead atoms. The summed E-state index contributed by atoms with van der Waals surface area (Å²) in [6.45, 7) is 0. The summed E-state index contributed by atoms with van der Waals surface area (Å²) in [5.41, 5.74) is 1.82. The number of aromatic amines is 1. The van der Waals surface area contributed by atoms with Crippen LogP contribution in [0.1, 0.15) is 48.7 Å². The van der Waals surface area contributed by atoms with Crippen molar-refractivity contribution >= 4 is 23.2 Å². The Morgan fingerprint density at radius 2 is 1.90 bits per heavy atom. The Morgan fingerprint density at radius 1 is 1.14 bits per heavy atom. The summed E-state index contributed by atoms with van der Waals surface area (Å²) >= 11 is 11.9. The van der Waals surface area contributed by atoms with Crippen LogP contribution in [0.5, 0.6) is 0 Å². The minimum atomic E-state index is -0.0815. The zero-order valence-corrected chi connectivity index (χ0v) is 13.0. The molecule has 0 aliphatic heterocycles. The summed E-state index contributed by atoms with van der Waals surface area (Å²) in [5.74, 6) is 1.11. The van der Waals surface area contributed by atoms with Crippen LogP contribution in [0.4, 0.5) is 0 Å². The molecule has 1 N–H and O–H groups in total. The molecule has 1 aromatic heterocycles. The lowest BCUT2D eigenvalue weighted by Crippen LogP contribution is -2.14. The fourth-order valence-corrected chi connectivity index (χ4v) is 3.21. The van der Waals surface area contributed by atoms with Gasteiger partial charge in [0.2, 0.25) is 0 Å². The van der Waals surface area contributed by atoms with E-state index in [1.54, 1.807) is 12.1 Å². The first-order valence-corrected chi connectivity index (χ1v) is 7.91. The molecule has 0 unspecified atom stereocenters. The van der Waals surface area contributed by atoms with Gasteiger partial charge in [-0.3, -0.25) is 4.79 Å². The molecule has 2 aromatic rings. The molecule has 1 aliphatic carbocycles. The molecule has 0 atom stereocenters. The summed E-state index contributed by atoms with van der Waals surface area (Å²) in [6.07, 6.45) is 5.25. The lowest BCUT2D eigenvalue weighted by Gasteiger charge is -2.10. The first kappa shape index (κ1) is 14.6. The van der Waals surface area contributed by atoms with Crippen LogP contribution in [0.3, 0.4) is 0 Å². The maximum Gasteiger partial charge on any atom is 0.251 e. The number of nitrogens with one attached hydrogen (secondary N) is 1. The van der Waals surface area contributed by atoms with Crippen molar-refractivity contribution in [1.29, 1.82) is 0 Å². The Bertz CT molecular complexity index is 706. The number of hydrogen-bond donors (Lipinski definition) is 1. The van der Waals surface area contributed by atoms with Crippen molar-refractivity contribution in [1.82, 2.24) is 9.97 Å². The lowest BCUT2D eigenvalue weighted by molar-refractivity contribution is 0.683. The molecule has 0 spiro atoms. The molecule has 3 nitrogen and oxygen atoms in total. The number of benzene rings is 1. The maximum absolute atomic E-state index is 11.8. The van der Waals surface area contributed by atoms with E-state index in [1.165, 1.54) is 12.8 Å². The fourth-order valence-electron chi connectivity index (χ4n) is 2.89. The Labute approximate surface area is 133 Å². The first-order valence-electron chi connectivity index (χ1n) is 7.16. The topological polar surface area (TPSA) is 45.8 Å². The van der Waals surface area contributed by atoms with Crippen molar-refractivity contribution in [2.45, 2.75) is 38.0 Å². The van der Waals surface area contributed by atoms with Crippen LogP contribution in [0, 0.1) is 0 Å². The molecule has 0 saturated heterocycles. The lowest BCUT2D eigenvalue weighted by atomic mass is 10.0. The zero-order chi connectivity index (χ0) is 14.8. The SMILES string of the molecule is O=c1cc(C2CCCC2)nc(Cc2ccc(Cl)c(Cl)c2)[nH]1. The molecule has 5 heteroatoms. The average Bonchev–Trinajstić information content (AvgIpc) is 2.96. The Morgan fingerprint density at radius 3 is 2.62 bits per heavy atom.